The van der Waals surface area contributed by atoms with E-state index in [1.165, 1.54) is 0 Å². The molecule has 0 aliphatic heterocycles. The van der Waals surface area contributed by atoms with Gasteiger partial charge in [-0.2, -0.15) is 0 Å². The minimum absolute atomic E-state index is 0.790. The first-order valence-electron chi connectivity index (χ1n) is 7.18. The van der Waals surface area contributed by atoms with Crippen LogP contribution in [0.25, 0.3) is 0 Å². The topological polar surface area (TPSA) is 33.8 Å². The van der Waals surface area contributed by atoms with Crippen LogP contribution in [0.1, 0.15) is 18.1 Å². The fraction of sp³-hybridized carbons (Fsp3) is 0.222. The molecule has 2 rings (SSSR count). The Morgan fingerprint density at radius 3 is 1.82 bits per heavy atom. The van der Waals surface area contributed by atoms with E-state index in [1.807, 2.05) is 65.6 Å². The van der Waals surface area contributed by atoms with Crippen LogP contribution in [0.5, 0.6) is 11.5 Å². The normalized spacial score (nSPS) is 11.7. The number of ether oxygens (including phenoxy) is 2. The van der Waals surface area contributed by atoms with E-state index < -0.39 is 0 Å². The predicted octanol–water partition coefficient (Wildman–Crippen LogP) is 3.19. The van der Waals surface area contributed by atoms with Crippen molar-refractivity contribution in [2.45, 2.75) is 6.92 Å². The Hall–Kier alpha value is -2.62. The molecule has 2 aromatic carbocycles. The van der Waals surface area contributed by atoms with Gasteiger partial charge in [-0.1, -0.05) is 4.68 Å². The molecule has 4 nitrogen and oxygen atoms in total. The van der Waals surface area contributed by atoms with Gasteiger partial charge in [0, 0.05) is 5.56 Å². The summed E-state index contributed by atoms with van der Waals surface area (Å²) in [4.78, 5) is 0. The summed E-state index contributed by atoms with van der Waals surface area (Å²) in [7, 11) is 3.32. The minimum atomic E-state index is 0.790. The number of hydrogen-bond acceptors (Lipinski definition) is 3. The maximum absolute atomic E-state index is 5.16. The van der Waals surface area contributed by atoms with Gasteiger partial charge in [-0.05, 0) is 66.1 Å². The third-order valence-corrected chi connectivity index (χ3v) is 3.21. The van der Waals surface area contributed by atoms with Crippen LogP contribution in [0.3, 0.4) is 0 Å². The zero-order valence-electron chi connectivity index (χ0n) is 13.2. The van der Waals surface area contributed by atoms with Crippen molar-refractivity contribution in [3.63, 3.8) is 0 Å². The molecule has 0 saturated carbocycles. The molecule has 0 saturated heterocycles. The van der Waals surface area contributed by atoms with Gasteiger partial charge in [-0.3, -0.25) is 0 Å². The first-order chi connectivity index (χ1) is 10.7. The number of methoxy groups -OCH3 is 2. The van der Waals surface area contributed by atoms with Crippen molar-refractivity contribution >= 4 is 12.4 Å². The van der Waals surface area contributed by atoms with E-state index in [-0.39, 0.29) is 0 Å². The van der Waals surface area contributed by atoms with E-state index in [2.05, 4.69) is 12.0 Å². The molecule has 0 aliphatic rings. The van der Waals surface area contributed by atoms with Crippen molar-refractivity contribution in [1.82, 2.24) is 0 Å². The van der Waals surface area contributed by atoms with E-state index in [0.29, 0.717) is 0 Å². The molecule has 0 heterocycles. The average molecular weight is 297 g/mol. The standard InChI is InChI=1S/C18H21N2O2/c1-4-20(14-16-7-11-18(22-3)12-8-16)19-13-15-5-9-17(21-2)10-6-15/h5-14H,4H2,1-3H3/q+1/b19-13+,20-14+. The molecule has 0 bridgehead atoms. The second kappa shape index (κ2) is 7.98. The molecule has 114 valence electrons. The van der Waals surface area contributed by atoms with Crippen LogP contribution < -0.4 is 9.47 Å². The molecule has 0 radical (unpaired) electrons. The first-order valence-corrected chi connectivity index (χ1v) is 7.18. The highest BCUT2D eigenvalue weighted by Gasteiger charge is 2.01. The minimum Gasteiger partial charge on any atom is -0.497 e. The Labute approximate surface area is 131 Å². The second-order valence-corrected chi connectivity index (χ2v) is 4.68. The lowest BCUT2D eigenvalue weighted by atomic mass is 10.2. The Morgan fingerprint density at radius 2 is 1.36 bits per heavy atom. The third-order valence-electron chi connectivity index (χ3n) is 3.21. The van der Waals surface area contributed by atoms with Gasteiger partial charge < -0.3 is 9.47 Å². The average Bonchev–Trinajstić information content (AvgIpc) is 2.59. The molecule has 0 unspecified atom stereocenters. The monoisotopic (exact) mass is 297 g/mol. The summed E-state index contributed by atoms with van der Waals surface area (Å²) in [5.74, 6) is 1.69. The molecule has 0 fully saturated rings. The quantitative estimate of drug-likeness (QED) is 0.466. The second-order valence-electron chi connectivity index (χ2n) is 4.68. The fourth-order valence-electron chi connectivity index (χ4n) is 1.90. The lowest BCUT2D eigenvalue weighted by Crippen LogP contribution is -2.06. The van der Waals surface area contributed by atoms with Crippen LogP contribution in [-0.4, -0.2) is 37.9 Å². The van der Waals surface area contributed by atoms with Gasteiger partial charge >= 0.3 is 0 Å². The summed E-state index contributed by atoms with van der Waals surface area (Å²) < 4.78 is 12.2. The highest BCUT2D eigenvalue weighted by atomic mass is 16.5. The molecule has 22 heavy (non-hydrogen) atoms. The molecule has 0 aromatic heterocycles. The van der Waals surface area contributed by atoms with Crippen LogP contribution in [0, 0.1) is 0 Å². The van der Waals surface area contributed by atoms with E-state index in [9.17, 15) is 0 Å². The van der Waals surface area contributed by atoms with Crippen molar-refractivity contribution in [2.75, 3.05) is 20.8 Å². The van der Waals surface area contributed by atoms with Crippen LogP contribution in [0.4, 0.5) is 0 Å². The predicted molar refractivity (Wildman–Crippen MR) is 89.5 cm³/mol. The number of benzene rings is 2. The van der Waals surface area contributed by atoms with Gasteiger partial charge in [0.2, 0.25) is 6.21 Å². The van der Waals surface area contributed by atoms with Gasteiger partial charge in [0.15, 0.2) is 6.54 Å². The fourth-order valence-corrected chi connectivity index (χ4v) is 1.90. The molecular weight excluding hydrogens is 276 g/mol. The highest BCUT2D eigenvalue weighted by molar-refractivity contribution is 5.80. The van der Waals surface area contributed by atoms with E-state index >= 15 is 0 Å². The number of hydrazone groups is 1. The van der Waals surface area contributed by atoms with Crippen LogP contribution in [0.15, 0.2) is 53.6 Å². The first kappa shape index (κ1) is 15.8. The summed E-state index contributed by atoms with van der Waals surface area (Å²) in [6.07, 6.45) is 3.84. The zero-order chi connectivity index (χ0) is 15.8. The summed E-state index contributed by atoms with van der Waals surface area (Å²) in [5.41, 5.74) is 2.11. The lowest BCUT2D eigenvalue weighted by Gasteiger charge is -1.99. The van der Waals surface area contributed by atoms with E-state index in [0.717, 1.165) is 29.2 Å². The van der Waals surface area contributed by atoms with Crippen LogP contribution in [-0.2, 0) is 0 Å². The molecule has 0 amide bonds. The summed E-state index contributed by atoms with van der Waals surface area (Å²) in [5, 5.41) is 4.49. The zero-order valence-corrected chi connectivity index (χ0v) is 13.2. The smallest absolute Gasteiger partial charge is 0.203 e. The lowest BCUT2D eigenvalue weighted by molar-refractivity contribution is -0.524. The number of hydrogen-bond donors (Lipinski definition) is 0. The van der Waals surface area contributed by atoms with Gasteiger partial charge in [-0.15, -0.1) is 0 Å². The molecule has 4 heteroatoms. The van der Waals surface area contributed by atoms with E-state index in [1.54, 1.807) is 14.2 Å². The van der Waals surface area contributed by atoms with Gasteiger partial charge in [0.25, 0.3) is 0 Å². The molecule has 0 aliphatic carbocycles. The Morgan fingerprint density at radius 1 is 0.864 bits per heavy atom. The SMILES string of the molecule is CC[N+](=C\c1ccc(OC)cc1)/N=C/c1ccc(OC)cc1. The largest absolute Gasteiger partial charge is 0.497 e. The Kier molecular flexibility index (Phi) is 5.72. The summed E-state index contributed by atoms with van der Waals surface area (Å²) in [6, 6.07) is 15.7. The summed E-state index contributed by atoms with van der Waals surface area (Å²) >= 11 is 0. The number of rotatable bonds is 6. The molecule has 0 spiro atoms. The Bertz CT molecular complexity index is 644. The van der Waals surface area contributed by atoms with Crippen LogP contribution >= 0.6 is 0 Å². The molecule has 0 N–H and O–H groups in total. The van der Waals surface area contributed by atoms with Crippen molar-refractivity contribution in [1.29, 1.82) is 0 Å². The van der Waals surface area contributed by atoms with Gasteiger partial charge in [0.1, 0.15) is 17.7 Å². The molecule has 2 aromatic rings. The summed E-state index contributed by atoms with van der Waals surface area (Å²) in [6.45, 7) is 2.85. The van der Waals surface area contributed by atoms with Crippen molar-refractivity contribution < 1.29 is 14.2 Å². The van der Waals surface area contributed by atoms with Crippen molar-refractivity contribution in [3.05, 3.63) is 59.7 Å². The van der Waals surface area contributed by atoms with E-state index in [4.69, 9.17) is 9.47 Å². The van der Waals surface area contributed by atoms with Gasteiger partial charge in [-0.25, -0.2) is 0 Å². The highest BCUT2D eigenvalue weighted by Crippen LogP contribution is 2.11. The molecular formula is C18H21N2O2+. The molecule has 0 atom stereocenters. The van der Waals surface area contributed by atoms with Crippen molar-refractivity contribution in [3.8, 4) is 11.5 Å². The third kappa shape index (κ3) is 4.45. The Balaban J connectivity index is 2.12. The number of nitrogens with zero attached hydrogens (tertiary/aromatic N) is 2. The van der Waals surface area contributed by atoms with Crippen LogP contribution in [0.2, 0.25) is 0 Å². The van der Waals surface area contributed by atoms with Gasteiger partial charge in [0.05, 0.1) is 14.2 Å². The maximum Gasteiger partial charge on any atom is 0.203 e. The maximum atomic E-state index is 5.16. The van der Waals surface area contributed by atoms with Crippen molar-refractivity contribution in [2.24, 2.45) is 5.10 Å².